The van der Waals surface area contributed by atoms with Gasteiger partial charge in [0.1, 0.15) is 0 Å². The Kier molecular flexibility index (Phi) is 10.2. The van der Waals surface area contributed by atoms with Gasteiger partial charge in [-0.3, -0.25) is 0 Å². The molecule has 0 saturated carbocycles. The third-order valence-electron chi connectivity index (χ3n) is 14.5. The molecule has 0 saturated heterocycles. The Morgan fingerprint density at radius 2 is 0.886 bits per heavy atom. The lowest BCUT2D eigenvalue weighted by Crippen LogP contribution is -2.34. The summed E-state index contributed by atoms with van der Waals surface area (Å²) < 4.78 is 2.55. The number of nitrogens with zero attached hydrogens (tertiary/aromatic N) is 2. The van der Waals surface area contributed by atoms with Crippen molar-refractivity contribution in [2.45, 2.75) is 18.9 Å². The number of para-hydroxylation sites is 2. The highest BCUT2D eigenvalue weighted by molar-refractivity contribution is 6.07. The lowest BCUT2D eigenvalue weighted by molar-refractivity contribution is 0.640. The van der Waals surface area contributed by atoms with Crippen LogP contribution in [0.1, 0.15) is 29.7 Å². The van der Waals surface area contributed by atoms with Crippen LogP contribution in [0, 0.1) is 0 Å². The summed E-state index contributed by atoms with van der Waals surface area (Å²) >= 11 is 0. The van der Waals surface area contributed by atoms with Crippen LogP contribution in [0.15, 0.2) is 255 Å². The summed E-state index contributed by atoms with van der Waals surface area (Å²) in [5.41, 5.74) is 24.2. The largest absolute Gasteiger partial charge is 0.355 e. The molecule has 70 heavy (non-hydrogen) atoms. The Bertz CT molecular complexity index is 3740. The molecule has 0 spiro atoms. The van der Waals surface area contributed by atoms with Gasteiger partial charge in [-0.25, -0.2) is 0 Å². The van der Waals surface area contributed by atoms with E-state index in [1.165, 1.54) is 89.2 Å². The Morgan fingerprint density at radius 3 is 1.57 bits per heavy atom. The molecule has 10 aromatic carbocycles. The fourth-order valence-corrected chi connectivity index (χ4v) is 11.2. The van der Waals surface area contributed by atoms with E-state index in [0.29, 0.717) is 0 Å². The number of nitrogens with one attached hydrogen (secondary N) is 1. The molecule has 0 fully saturated rings. The van der Waals surface area contributed by atoms with Crippen molar-refractivity contribution in [3.8, 4) is 61.3 Å². The first-order valence-electron chi connectivity index (χ1n) is 24.4. The van der Waals surface area contributed by atoms with Gasteiger partial charge in [0.05, 0.1) is 11.6 Å². The number of hydrogen-bond acceptors (Lipinski definition) is 2. The van der Waals surface area contributed by atoms with Crippen molar-refractivity contribution < 1.29 is 0 Å². The van der Waals surface area contributed by atoms with Gasteiger partial charge < -0.3 is 14.8 Å². The highest BCUT2D eigenvalue weighted by Crippen LogP contribution is 2.55. The lowest BCUT2D eigenvalue weighted by atomic mass is 9.82. The van der Waals surface area contributed by atoms with Crippen LogP contribution in [0.25, 0.3) is 83.9 Å². The minimum absolute atomic E-state index is 0.102. The third-order valence-corrected chi connectivity index (χ3v) is 14.5. The average Bonchev–Trinajstić information content (AvgIpc) is 3.95. The summed E-state index contributed by atoms with van der Waals surface area (Å²) in [5, 5.41) is 5.03. The highest BCUT2D eigenvalue weighted by Gasteiger charge is 2.43. The van der Waals surface area contributed by atoms with Crippen molar-refractivity contribution >= 4 is 45.3 Å². The second-order valence-corrected chi connectivity index (χ2v) is 18.6. The third kappa shape index (κ3) is 7.23. The number of aromatic nitrogens is 1. The number of anilines is 4. The summed E-state index contributed by atoms with van der Waals surface area (Å²) in [7, 11) is 0. The molecule has 1 aromatic heterocycles. The van der Waals surface area contributed by atoms with E-state index in [2.05, 4.69) is 283 Å². The summed E-state index contributed by atoms with van der Waals surface area (Å²) in [6, 6.07) is 92.7. The standard InChI is InChI=1S/C67H49N3/c1-45-66-61(59-28-12-14-30-64(59)69(66)56-36-31-49(32-37-56)46-17-5-2-6-18-46)44-62-60-43-53(35-40-65(60)70(67(45)62)57-38-33-50(34-39-57)47-19-7-3-8-20-47)51-23-15-25-54(41-51)58-27-11-13-29-63(58)68-55-26-16-24-52(42-55)48-21-9-4-10-22-48/h2-45,66,68H,1H3. The van der Waals surface area contributed by atoms with Gasteiger partial charge in [-0.2, -0.15) is 0 Å². The van der Waals surface area contributed by atoms with Crippen LogP contribution in [-0.2, 0) is 0 Å². The summed E-state index contributed by atoms with van der Waals surface area (Å²) in [6.07, 6.45) is 2.52. The molecule has 2 unspecified atom stereocenters. The maximum absolute atomic E-state index is 3.77. The van der Waals surface area contributed by atoms with E-state index in [4.69, 9.17) is 0 Å². The molecule has 1 N–H and O–H groups in total. The zero-order valence-electron chi connectivity index (χ0n) is 38.9. The normalized spacial score (nSPS) is 14.7. The van der Waals surface area contributed by atoms with Crippen molar-refractivity contribution in [3.63, 3.8) is 0 Å². The van der Waals surface area contributed by atoms with Crippen LogP contribution < -0.4 is 10.2 Å². The van der Waals surface area contributed by atoms with Crippen molar-refractivity contribution in [1.82, 2.24) is 4.57 Å². The van der Waals surface area contributed by atoms with Crippen LogP contribution in [0.2, 0.25) is 0 Å². The summed E-state index contributed by atoms with van der Waals surface area (Å²) in [5.74, 6) is 0.140. The van der Waals surface area contributed by atoms with Gasteiger partial charge in [0.15, 0.2) is 0 Å². The number of hydrogen-bond donors (Lipinski definition) is 1. The molecule has 2 aliphatic rings. The lowest BCUT2D eigenvalue weighted by Gasteiger charge is -2.36. The Morgan fingerprint density at radius 1 is 0.386 bits per heavy atom. The van der Waals surface area contributed by atoms with Crippen molar-refractivity contribution in [2.24, 2.45) is 0 Å². The zero-order valence-corrected chi connectivity index (χ0v) is 38.9. The maximum atomic E-state index is 3.77. The van der Waals surface area contributed by atoms with Gasteiger partial charge >= 0.3 is 0 Å². The topological polar surface area (TPSA) is 20.2 Å². The first-order valence-corrected chi connectivity index (χ1v) is 24.4. The SMILES string of the molecule is CC1c2c(c3cc(-c4cccc(-c5ccccc5Nc5cccc(-c6ccccc6)c5)c4)ccc3n2-c2ccc(-c3ccccc3)cc2)C=C2c3ccccc3N(c3ccc(-c4ccccc4)cc3)C21. The molecule has 0 radical (unpaired) electrons. The first kappa shape index (κ1) is 41.3. The molecule has 3 heteroatoms. The van der Waals surface area contributed by atoms with E-state index >= 15 is 0 Å². The van der Waals surface area contributed by atoms with E-state index in [-0.39, 0.29) is 12.0 Å². The van der Waals surface area contributed by atoms with Crippen LogP contribution in [-0.4, -0.2) is 10.6 Å². The second-order valence-electron chi connectivity index (χ2n) is 18.6. The fourth-order valence-electron chi connectivity index (χ4n) is 11.2. The van der Waals surface area contributed by atoms with Gasteiger partial charge in [0, 0.05) is 62.1 Å². The smallest absolute Gasteiger partial charge is 0.0679 e. The molecule has 332 valence electrons. The number of fused-ring (bicyclic) bond motifs is 6. The molecule has 0 amide bonds. The number of rotatable bonds is 9. The van der Waals surface area contributed by atoms with Crippen LogP contribution in [0.5, 0.6) is 0 Å². The predicted molar refractivity (Wildman–Crippen MR) is 295 cm³/mol. The predicted octanol–water partition coefficient (Wildman–Crippen LogP) is 17.9. The minimum atomic E-state index is 0.102. The van der Waals surface area contributed by atoms with E-state index < -0.39 is 0 Å². The summed E-state index contributed by atoms with van der Waals surface area (Å²) in [4.78, 5) is 2.59. The zero-order chi connectivity index (χ0) is 46.5. The molecule has 1 aliphatic carbocycles. The van der Waals surface area contributed by atoms with Crippen molar-refractivity contribution in [1.29, 1.82) is 0 Å². The molecule has 1 aliphatic heterocycles. The molecule has 2 atom stereocenters. The monoisotopic (exact) mass is 895 g/mol. The number of benzene rings is 10. The minimum Gasteiger partial charge on any atom is -0.355 e. The molecule has 2 heterocycles. The van der Waals surface area contributed by atoms with Gasteiger partial charge in [-0.15, -0.1) is 0 Å². The summed E-state index contributed by atoms with van der Waals surface area (Å²) in [6.45, 7) is 2.44. The van der Waals surface area contributed by atoms with Crippen LogP contribution in [0.4, 0.5) is 22.7 Å². The molecule has 11 aromatic rings. The van der Waals surface area contributed by atoms with Gasteiger partial charge in [0.2, 0.25) is 0 Å². The fraction of sp³-hybridized carbons (Fsp3) is 0.0448. The highest BCUT2D eigenvalue weighted by atomic mass is 15.2. The van der Waals surface area contributed by atoms with Crippen LogP contribution in [0.3, 0.4) is 0 Å². The Hall–Kier alpha value is -8.92. The first-order chi connectivity index (χ1) is 34.6. The van der Waals surface area contributed by atoms with Gasteiger partial charge in [-0.05, 0) is 128 Å². The molecule has 3 nitrogen and oxygen atoms in total. The second kappa shape index (κ2) is 17.3. The quantitative estimate of drug-likeness (QED) is 0.156. The average molecular weight is 896 g/mol. The Labute approximate surface area is 409 Å². The Balaban J connectivity index is 0.922. The molecular weight excluding hydrogens is 847 g/mol. The van der Waals surface area contributed by atoms with E-state index in [9.17, 15) is 0 Å². The molecule has 13 rings (SSSR count). The van der Waals surface area contributed by atoms with Gasteiger partial charge in [0.25, 0.3) is 0 Å². The van der Waals surface area contributed by atoms with Crippen molar-refractivity contribution in [2.75, 3.05) is 10.2 Å². The van der Waals surface area contributed by atoms with Gasteiger partial charge in [-0.1, -0.05) is 195 Å². The van der Waals surface area contributed by atoms with E-state index in [1.54, 1.807) is 0 Å². The molecule has 0 bridgehead atoms. The maximum Gasteiger partial charge on any atom is 0.0679 e. The van der Waals surface area contributed by atoms with E-state index in [1.807, 2.05) is 0 Å². The van der Waals surface area contributed by atoms with Crippen molar-refractivity contribution in [3.05, 3.63) is 272 Å². The molecular formula is C67H49N3. The van der Waals surface area contributed by atoms with E-state index in [0.717, 1.165) is 28.2 Å². The van der Waals surface area contributed by atoms with Crippen LogP contribution >= 0.6 is 0 Å².